The Kier molecular flexibility index (Phi) is 5.09. The number of rotatable bonds is 4. The quantitative estimate of drug-likeness (QED) is 0.678. The van der Waals surface area contributed by atoms with E-state index in [9.17, 15) is 4.79 Å². The van der Waals surface area contributed by atoms with Gasteiger partial charge in [-0.3, -0.25) is 9.69 Å². The predicted molar refractivity (Wildman–Crippen MR) is 50.9 cm³/mol. The van der Waals surface area contributed by atoms with Gasteiger partial charge in [0.2, 0.25) is 5.91 Å². The van der Waals surface area contributed by atoms with Gasteiger partial charge in [0, 0.05) is 19.5 Å². The van der Waals surface area contributed by atoms with Crippen LogP contribution in [0.4, 0.5) is 0 Å². The van der Waals surface area contributed by atoms with Crippen LogP contribution in [0.15, 0.2) is 0 Å². The van der Waals surface area contributed by atoms with Gasteiger partial charge in [0.25, 0.3) is 0 Å². The maximum absolute atomic E-state index is 11.1. The van der Waals surface area contributed by atoms with Crippen molar-refractivity contribution in [2.24, 2.45) is 5.92 Å². The van der Waals surface area contributed by atoms with Gasteiger partial charge in [-0.05, 0) is 14.0 Å². The molecule has 1 amide bonds. The highest BCUT2D eigenvalue weighted by atomic mass is 16.1. The van der Waals surface area contributed by atoms with Crippen LogP contribution in [-0.4, -0.2) is 37.5 Å². The lowest BCUT2D eigenvalue weighted by Crippen LogP contribution is -2.37. The predicted octanol–water partition coefficient (Wildman–Crippen LogP) is 0.212. The smallest absolute Gasteiger partial charge is 0.223 e. The number of nitrogens with one attached hydrogen (secondary N) is 1. The summed E-state index contributed by atoms with van der Waals surface area (Å²) in [7, 11) is 3.46. The van der Waals surface area contributed by atoms with Gasteiger partial charge in [-0.25, -0.2) is 0 Å². The van der Waals surface area contributed by atoms with Crippen molar-refractivity contribution in [2.45, 2.75) is 19.9 Å². The van der Waals surface area contributed by atoms with Gasteiger partial charge in [-0.2, -0.15) is 5.26 Å². The van der Waals surface area contributed by atoms with Crippen LogP contribution in [0.2, 0.25) is 0 Å². The lowest BCUT2D eigenvalue weighted by Gasteiger charge is -2.21. The third kappa shape index (κ3) is 3.90. The maximum atomic E-state index is 11.1. The molecule has 0 aliphatic carbocycles. The largest absolute Gasteiger partial charge is 0.359 e. The molecule has 0 saturated carbocycles. The number of nitriles is 1. The van der Waals surface area contributed by atoms with Crippen molar-refractivity contribution in [3.05, 3.63) is 0 Å². The highest BCUT2D eigenvalue weighted by Gasteiger charge is 2.16. The van der Waals surface area contributed by atoms with E-state index in [1.807, 2.05) is 25.8 Å². The first-order valence-corrected chi connectivity index (χ1v) is 4.34. The molecular formula is C9H17N3O. The molecule has 0 bridgehead atoms. The Morgan fingerprint density at radius 3 is 2.54 bits per heavy atom. The summed E-state index contributed by atoms with van der Waals surface area (Å²) in [6.45, 7) is 4.27. The fourth-order valence-corrected chi connectivity index (χ4v) is 1.02. The summed E-state index contributed by atoms with van der Waals surface area (Å²) in [4.78, 5) is 13.0. The van der Waals surface area contributed by atoms with Gasteiger partial charge in [-0.15, -0.1) is 0 Å². The van der Waals surface area contributed by atoms with Crippen molar-refractivity contribution in [2.75, 3.05) is 20.6 Å². The van der Waals surface area contributed by atoms with Gasteiger partial charge < -0.3 is 5.32 Å². The van der Waals surface area contributed by atoms with Gasteiger partial charge in [0.15, 0.2) is 0 Å². The van der Waals surface area contributed by atoms with Crippen LogP contribution in [0, 0.1) is 17.2 Å². The average molecular weight is 183 g/mol. The molecule has 0 rings (SSSR count). The van der Waals surface area contributed by atoms with Crippen molar-refractivity contribution >= 4 is 5.91 Å². The Morgan fingerprint density at radius 2 is 2.15 bits per heavy atom. The van der Waals surface area contributed by atoms with Gasteiger partial charge >= 0.3 is 0 Å². The molecule has 4 nitrogen and oxygen atoms in total. The lowest BCUT2D eigenvalue weighted by molar-refractivity contribution is -0.124. The maximum Gasteiger partial charge on any atom is 0.223 e. The summed E-state index contributed by atoms with van der Waals surface area (Å²) in [6, 6.07) is 1.98. The number of nitrogens with zero attached hydrogens (tertiary/aromatic N) is 2. The molecule has 2 unspecified atom stereocenters. The fraction of sp³-hybridized carbons (Fsp3) is 0.778. The number of amides is 1. The Bertz CT molecular complexity index is 209. The second-order valence-electron chi connectivity index (χ2n) is 3.26. The number of hydrogen-bond donors (Lipinski definition) is 1. The Labute approximate surface area is 79.5 Å². The third-order valence-corrected chi connectivity index (χ3v) is 2.10. The minimum atomic E-state index is -0.146. The van der Waals surface area contributed by atoms with E-state index in [1.54, 1.807) is 7.05 Å². The molecule has 0 radical (unpaired) electrons. The fourth-order valence-electron chi connectivity index (χ4n) is 1.02. The molecule has 0 spiro atoms. The summed E-state index contributed by atoms with van der Waals surface area (Å²) >= 11 is 0. The summed E-state index contributed by atoms with van der Waals surface area (Å²) in [6.07, 6.45) is 0. The van der Waals surface area contributed by atoms with Crippen molar-refractivity contribution < 1.29 is 4.79 Å². The molecule has 0 saturated heterocycles. The van der Waals surface area contributed by atoms with Crippen molar-refractivity contribution in [1.29, 1.82) is 5.26 Å². The molecule has 0 aliphatic rings. The first kappa shape index (κ1) is 11.9. The first-order chi connectivity index (χ1) is 6.02. The van der Waals surface area contributed by atoms with Gasteiger partial charge in [0.05, 0.1) is 12.1 Å². The number of carbonyl (C=O) groups excluding carboxylic acids is 1. The van der Waals surface area contributed by atoms with E-state index in [0.29, 0.717) is 6.54 Å². The zero-order chi connectivity index (χ0) is 10.4. The highest BCUT2D eigenvalue weighted by Crippen LogP contribution is 2.01. The van der Waals surface area contributed by atoms with Crippen molar-refractivity contribution in [3.8, 4) is 6.07 Å². The van der Waals surface area contributed by atoms with Crippen LogP contribution in [0.3, 0.4) is 0 Å². The molecule has 4 heteroatoms. The van der Waals surface area contributed by atoms with Crippen LogP contribution >= 0.6 is 0 Å². The molecule has 74 valence electrons. The molecule has 0 fully saturated rings. The summed E-state index contributed by atoms with van der Waals surface area (Å²) in [5.74, 6) is -0.0669. The first-order valence-electron chi connectivity index (χ1n) is 4.34. The minimum absolute atomic E-state index is 0.0111. The third-order valence-electron chi connectivity index (χ3n) is 2.10. The van der Waals surface area contributed by atoms with Gasteiger partial charge in [0.1, 0.15) is 0 Å². The normalized spacial score (nSPS) is 14.8. The second kappa shape index (κ2) is 5.55. The standard InChI is InChI=1S/C9H17N3O/c1-7(9(13)11-3)6-12(4)8(2)5-10/h7-8H,6H2,1-4H3,(H,11,13). The summed E-state index contributed by atoms with van der Waals surface area (Å²) in [5.41, 5.74) is 0. The van der Waals surface area contributed by atoms with Crippen LogP contribution in [0.25, 0.3) is 0 Å². The second-order valence-corrected chi connectivity index (χ2v) is 3.26. The molecule has 13 heavy (non-hydrogen) atoms. The summed E-state index contributed by atoms with van der Waals surface area (Å²) in [5, 5.41) is 11.2. The molecule has 0 aromatic carbocycles. The monoisotopic (exact) mass is 183 g/mol. The molecule has 0 aliphatic heterocycles. The van der Waals surface area contributed by atoms with Crippen LogP contribution in [0.5, 0.6) is 0 Å². The van der Waals surface area contributed by atoms with E-state index in [-0.39, 0.29) is 17.9 Å². The number of hydrogen-bond acceptors (Lipinski definition) is 3. The van der Waals surface area contributed by atoms with E-state index in [1.165, 1.54) is 0 Å². The Hall–Kier alpha value is -1.08. The zero-order valence-corrected chi connectivity index (χ0v) is 8.66. The van der Waals surface area contributed by atoms with E-state index in [2.05, 4.69) is 11.4 Å². The van der Waals surface area contributed by atoms with E-state index >= 15 is 0 Å². The van der Waals surface area contributed by atoms with Crippen LogP contribution < -0.4 is 5.32 Å². The molecule has 0 aromatic rings. The molecule has 0 aromatic heterocycles. The van der Waals surface area contributed by atoms with Crippen molar-refractivity contribution in [1.82, 2.24) is 10.2 Å². The molecule has 1 N–H and O–H groups in total. The Balaban J connectivity index is 3.99. The van der Waals surface area contributed by atoms with Crippen molar-refractivity contribution in [3.63, 3.8) is 0 Å². The molecular weight excluding hydrogens is 166 g/mol. The minimum Gasteiger partial charge on any atom is -0.359 e. The SMILES string of the molecule is CNC(=O)C(C)CN(C)C(C)C#N. The van der Waals surface area contributed by atoms with E-state index in [4.69, 9.17) is 5.26 Å². The summed E-state index contributed by atoms with van der Waals surface area (Å²) < 4.78 is 0. The highest BCUT2D eigenvalue weighted by molar-refractivity contribution is 5.78. The van der Waals surface area contributed by atoms with Crippen LogP contribution in [0.1, 0.15) is 13.8 Å². The van der Waals surface area contributed by atoms with Gasteiger partial charge in [-0.1, -0.05) is 6.92 Å². The topological polar surface area (TPSA) is 56.1 Å². The van der Waals surface area contributed by atoms with E-state index < -0.39 is 0 Å². The van der Waals surface area contributed by atoms with Crippen LogP contribution in [-0.2, 0) is 4.79 Å². The van der Waals surface area contributed by atoms with E-state index in [0.717, 1.165) is 0 Å². The molecule has 2 atom stereocenters. The number of carbonyl (C=O) groups is 1. The average Bonchev–Trinajstić information content (AvgIpc) is 2.14. The zero-order valence-electron chi connectivity index (χ0n) is 8.66. The Morgan fingerprint density at radius 1 is 1.62 bits per heavy atom. The lowest BCUT2D eigenvalue weighted by atomic mass is 10.1. The molecule has 0 heterocycles.